The summed E-state index contributed by atoms with van der Waals surface area (Å²) in [7, 11) is 0. The molecule has 1 amide bonds. The molecule has 100 valence electrons. The van der Waals surface area contributed by atoms with Crippen LogP contribution < -0.4 is 15.4 Å². The van der Waals surface area contributed by atoms with Gasteiger partial charge in [0.15, 0.2) is 0 Å². The Balaban J connectivity index is 2.39. The zero-order valence-electron chi connectivity index (χ0n) is 11.3. The van der Waals surface area contributed by atoms with Crippen LogP contribution in [0.5, 0.6) is 5.75 Å². The molecule has 0 aromatic heterocycles. The number of hydrogen-bond acceptors (Lipinski definition) is 3. The molecular formula is C14H22N2O2. The maximum Gasteiger partial charge on any atom is 0.238 e. The Hall–Kier alpha value is -1.55. The molecule has 0 radical (unpaired) electrons. The van der Waals surface area contributed by atoms with E-state index in [1.807, 2.05) is 31.2 Å². The first-order valence-electron chi connectivity index (χ1n) is 6.41. The van der Waals surface area contributed by atoms with Gasteiger partial charge in [-0.3, -0.25) is 4.79 Å². The highest BCUT2D eigenvalue weighted by molar-refractivity contribution is 5.92. The Morgan fingerprint density at radius 2 is 1.94 bits per heavy atom. The first-order chi connectivity index (χ1) is 8.65. The number of hydrogen-bond donors (Lipinski definition) is 2. The SMILES string of the molecule is CCOc1ccc(NC(=O)CNC(C)CC)cc1. The molecule has 0 bridgehead atoms. The normalized spacial score (nSPS) is 11.9. The van der Waals surface area contributed by atoms with E-state index < -0.39 is 0 Å². The summed E-state index contributed by atoms with van der Waals surface area (Å²) >= 11 is 0. The summed E-state index contributed by atoms with van der Waals surface area (Å²) in [6, 6.07) is 7.73. The lowest BCUT2D eigenvalue weighted by Crippen LogP contribution is -2.33. The van der Waals surface area contributed by atoms with Crippen molar-refractivity contribution in [2.75, 3.05) is 18.5 Å². The third-order valence-corrected chi connectivity index (χ3v) is 2.67. The van der Waals surface area contributed by atoms with Gasteiger partial charge in [-0.25, -0.2) is 0 Å². The fourth-order valence-electron chi connectivity index (χ4n) is 1.42. The highest BCUT2D eigenvalue weighted by Gasteiger charge is 2.04. The van der Waals surface area contributed by atoms with Gasteiger partial charge in [-0.05, 0) is 44.5 Å². The number of rotatable bonds is 7. The number of carbonyl (C=O) groups excluding carboxylic acids is 1. The van der Waals surface area contributed by atoms with Crippen molar-refractivity contribution in [3.63, 3.8) is 0 Å². The van der Waals surface area contributed by atoms with E-state index in [2.05, 4.69) is 24.5 Å². The molecule has 1 atom stereocenters. The van der Waals surface area contributed by atoms with E-state index in [4.69, 9.17) is 4.74 Å². The largest absolute Gasteiger partial charge is 0.494 e. The van der Waals surface area contributed by atoms with Crippen LogP contribution in [0, 0.1) is 0 Å². The molecule has 0 heterocycles. The molecule has 0 aliphatic heterocycles. The number of anilines is 1. The third-order valence-electron chi connectivity index (χ3n) is 2.67. The van der Waals surface area contributed by atoms with Crippen molar-refractivity contribution in [2.24, 2.45) is 0 Å². The first-order valence-corrected chi connectivity index (χ1v) is 6.41. The van der Waals surface area contributed by atoms with Gasteiger partial charge in [0.25, 0.3) is 0 Å². The van der Waals surface area contributed by atoms with Gasteiger partial charge in [-0.2, -0.15) is 0 Å². The number of nitrogens with one attached hydrogen (secondary N) is 2. The molecule has 4 heteroatoms. The van der Waals surface area contributed by atoms with Crippen LogP contribution in [0.25, 0.3) is 0 Å². The van der Waals surface area contributed by atoms with E-state index in [1.54, 1.807) is 0 Å². The Morgan fingerprint density at radius 3 is 2.50 bits per heavy atom. The second-order valence-electron chi connectivity index (χ2n) is 4.20. The molecule has 4 nitrogen and oxygen atoms in total. The Bertz CT molecular complexity index is 363. The second kappa shape index (κ2) is 7.71. The van der Waals surface area contributed by atoms with E-state index in [1.165, 1.54) is 0 Å². The minimum absolute atomic E-state index is 0.0283. The number of benzene rings is 1. The predicted octanol–water partition coefficient (Wildman–Crippen LogP) is 2.41. The molecule has 0 saturated carbocycles. The summed E-state index contributed by atoms with van der Waals surface area (Å²) in [4.78, 5) is 11.6. The summed E-state index contributed by atoms with van der Waals surface area (Å²) in [5.41, 5.74) is 0.786. The number of carbonyl (C=O) groups is 1. The van der Waals surface area contributed by atoms with Gasteiger partial charge in [0, 0.05) is 11.7 Å². The van der Waals surface area contributed by atoms with Crippen molar-refractivity contribution in [3.05, 3.63) is 24.3 Å². The van der Waals surface area contributed by atoms with Gasteiger partial charge < -0.3 is 15.4 Å². The molecule has 0 aliphatic carbocycles. The molecule has 0 spiro atoms. The lowest BCUT2D eigenvalue weighted by atomic mass is 10.2. The highest BCUT2D eigenvalue weighted by Crippen LogP contribution is 2.15. The smallest absolute Gasteiger partial charge is 0.238 e. The topological polar surface area (TPSA) is 50.4 Å². The van der Waals surface area contributed by atoms with E-state index >= 15 is 0 Å². The van der Waals surface area contributed by atoms with Gasteiger partial charge in [0.2, 0.25) is 5.91 Å². The minimum atomic E-state index is -0.0283. The molecule has 2 N–H and O–H groups in total. The zero-order valence-corrected chi connectivity index (χ0v) is 11.3. The summed E-state index contributed by atoms with van der Waals surface area (Å²) in [5, 5.41) is 5.98. The molecule has 0 fully saturated rings. The second-order valence-corrected chi connectivity index (χ2v) is 4.20. The van der Waals surface area contributed by atoms with Crippen LogP contribution >= 0.6 is 0 Å². The molecule has 1 aromatic carbocycles. The fourth-order valence-corrected chi connectivity index (χ4v) is 1.42. The van der Waals surface area contributed by atoms with Gasteiger partial charge in [0.1, 0.15) is 5.75 Å². The molecule has 0 saturated heterocycles. The quantitative estimate of drug-likeness (QED) is 0.781. The summed E-state index contributed by atoms with van der Waals surface area (Å²) < 4.78 is 5.33. The van der Waals surface area contributed by atoms with Gasteiger partial charge >= 0.3 is 0 Å². The number of amides is 1. The monoisotopic (exact) mass is 250 g/mol. The van der Waals surface area contributed by atoms with Crippen LogP contribution in [-0.4, -0.2) is 25.1 Å². The maximum atomic E-state index is 11.6. The Morgan fingerprint density at radius 1 is 1.28 bits per heavy atom. The van der Waals surface area contributed by atoms with Crippen molar-refractivity contribution in [1.82, 2.24) is 5.32 Å². The first kappa shape index (κ1) is 14.5. The molecule has 0 aliphatic rings. The summed E-state index contributed by atoms with van der Waals surface area (Å²) in [6.45, 7) is 7.06. The van der Waals surface area contributed by atoms with Crippen molar-refractivity contribution in [3.8, 4) is 5.75 Å². The lowest BCUT2D eigenvalue weighted by Gasteiger charge is -2.11. The average molecular weight is 250 g/mol. The van der Waals surface area contributed by atoms with Crippen molar-refractivity contribution < 1.29 is 9.53 Å². The lowest BCUT2D eigenvalue weighted by molar-refractivity contribution is -0.115. The number of ether oxygens (including phenoxy) is 1. The Labute approximate surface area is 109 Å². The van der Waals surface area contributed by atoms with Crippen molar-refractivity contribution in [1.29, 1.82) is 0 Å². The summed E-state index contributed by atoms with van der Waals surface area (Å²) in [6.07, 6.45) is 1.01. The summed E-state index contributed by atoms with van der Waals surface area (Å²) in [5.74, 6) is 0.785. The molecule has 1 unspecified atom stereocenters. The molecule has 18 heavy (non-hydrogen) atoms. The standard InChI is InChI=1S/C14H22N2O2/c1-4-11(3)15-10-14(17)16-12-6-8-13(9-7-12)18-5-2/h6-9,11,15H,4-5,10H2,1-3H3,(H,16,17). The molecular weight excluding hydrogens is 228 g/mol. The van der Waals surface area contributed by atoms with Crippen LogP contribution in [0.3, 0.4) is 0 Å². The van der Waals surface area contributed by atoms with Crippen LogP contribution in [0.15, 0.2) is 24.3 Å². The van der Waals surface area contributed by atoms with E-state index in [-0.39, 0.29) is 5.91 Å². The zero-order chi connectivity index (χ0) is 13.4. The molecule has 1 rings (SSSR count). The molecule has 1 aromatic rings. The minimum Gasteiger partial charge on any atom is -0.494 e. The van der Waals surface area contributed by atoms with E-state index in [0.717, 1.165) is 17.9 Å². The highest BCUT2D eigenvalue weighted by atomic mass is 16.5. The van der Waals surface area contributed by atoms with E-state index in [0.29, 0.717) is 19.2 Å². The van der Waals surface area contributed by atoms with Crippen molar-refractivity contribution in [2.45, 2.75) is 33.2 Å². The van der Waals surface area contributed by atoms with Gasteiger partial charge in [-0.15, -0.1) is 0 Å². The third kappa shape index (κ3) is 5.19. The van der Waals surface area contributed by atoms with Gasteiger partial charge in [0.05, 0.1) is 13.2 Å². The average Bonchev–Trinajstić information content (AvgIpc) is 2.38. The Kier molecular flexibility index (Phi) is 6.22. The van der Waals surface area contributed by atoms with Gasteiger partial charge in [-0.1, -0.05) is 6.92 Å². The van der Waals surface area contributed by atoms with Crippen LogP contribution in [0.1, 0.15) is 27.2 Å². The maximum absolute atomic E-state index is 11.6. The fraction of sp³-hybridized carbons (Fsp3) is 0.500. The van der Waals surface area contributed by atoms with Crippen LogP contribution in [0.2, 0.25) is 0 Å². The van der Waals surface area contributed by atoms with E-state index in [9.17, 15) is 4.79 Å². The van der Waals surface area contributed by atoms with Crippen molar-refractivity contribution >= 4 is 11.6 Å². The predicted molar refractivity (Wildman–Crippen MR) is 74.0 cm³/mol. The van der Waals surface area contributed by atoms with Crippen LogP contribution in [0.4, 0.5) is 5.69 Å². The van der Waals surface area contributed by atoms with Crippen LogP contribution in [-0.2, 0) is 4.79 Å².